The van der Waals surface area contributed by atoms with Crippen molar-refractivity contribution < 1.29 is 0 Å². The van der Waals surface area contributed by atoms with E-state index in [2.05, 4.69) is 15.1 Å². The molecule has 0 N–H and O–H groups in total. The summed E-state index contributed by atoms with van der Waals surface area (Å²) in [5.74, 6) is 1.83. The Kier molecular flexibility index (Phi) is 2.56. The number of benzene rings is 1. The van der Waals surface area contributed by atoms with Gasteiger partial charge < -0.3 is 0 Å². The molecule has 0 amide bonds. The van der Waals surface area contributed by atoms with E-state index in [1.54, 1.807) is 11.8 Å². The van der Waals surface area contributed by atoms with E-state index in [1.165, 1.54) is 0 Å². The predicted molar refractivity (Wildman–Crippen MR) is 73.0 cm³/mol. The number of fused-ring (bicyclic) bond motifs is 4. The molecular weight excluding hydrogens is 300 g/mol. The van der Waals surface area contributed by atoms with Crippen molar-refractivity contribution in [3.05, 3.63) is 24.3 Å². The van der Waals surface area contributed by atoms with E-state index in [0.717, 1.165) is 39.9 Å². The maximum absolute atomic E-state index is 4.61. The average molecular weight is 309 g/mol. The van der Waals surface area contributed by atoms with Crippen molar-refractivity contribution >= 4 is 39.6 Å². The van der Waals surface area contributed by atoms with Gasteiger partial charge in [0.2, 0.25) is 0 Å². The molecular formula is C11H9BrN4S. The van der Waals surface area contributed by atoms with Gasteiger partial charge in [0.25, 0.3) is 0 Å². The fourth-order valence-electron chi connectivity index (χ4n) is 2.02. The van der Waals surface area contributed by atoms with Crippen LogP contribution in [-0.2, 0) is 6.54 Å². The third-order valence-electron chi connectivity index (χ3n) is 2.77. The van der Waals surface area contributed by atoms with Gasteiger partial charge in [0, 0.05) is 11.1 Å². The summed E-state index contributed by atoms with van der Waals surface area (Å²) in [7, 11) is 0. The number of aromatic nitrogens is 4. The van der Waals surface area contributed by atoms with Gasteiger partial charge >= 0.3 is 0 Å². The Morgan fingerprint density at radius 2 is 2.06 bits per heavy atom. The van der Waals surface area contributed by atoms with Crippen molar-refractivity contribution in [2.45, 2.75) is 11.7 Å². The third-order valence-corrected chi connectivity index (χ3v) is 3.72. The monoisotopic (exact) mass is 308 g/mol. The summed E-state index contributed by atoms with van der Waals surface area (Å²) >= 11 is 1.74. The van der Waals surface area contributed by atoms with Crippen LogP contribution in [0, 0.1) is 0 Å². The van der Waals surface area contributed by atoms with Crippen molar-refractivity contribution in [3.63, 3.8) is 0 Å². The van der Waals surface area contributed by atoms with Crippen LogP contribution in [0.1, 0.15) is 0 Å². The summed E-state index contributed by atoms with van der Waals surface area (Å²) in [6.07, 6.45) is 0. The Labute approximate surface area is 113 Å². The van der Waals surface area contributed by atoms with Crippen LogP contribution in [0.3, 0.4) is 0 Å². The van der Waals surface area contributed by atoms with Gasteiger partial charge in [-0.3, -0.25) is 0 Å². The minimum absolute atomic E-state index is 0. The van der Waals surface area contributed by atoms with Crippen molar-refractivity contribution in [1.82, 2.24) is 19.7 Å². The second kappa shape index (κ2) is 3.96. The largest absolute Gasteiger partial charge is 0.241 e. The molecule has 0 saturated heterocycles. The van der Waals surface area contributed by atoms with Crippen molar-refractivity contribution in [1.29, 1.82) is 0 Å². The Balaban J connectivity index is 0.000000902. The predicted octanol–water partition coefficient (Wildman–Crippen LogP) is 2.61. The maximum atomic E-state index is 4.61. The first-order chi connectivity index (χ1) is 7.92. The normalized spacial score (nSPS) is 13.9. The highest BCUT2D eigenvalue weighted by atomic mass is 79.9. The molecule has 0 fully saturated rings. The van der Waals surface area contributed by atoms with Crippen LogP contribution >= 0.6 is 28.7 Å². The first kappa shape index (κ1) is 11.0. The zero-order chi connectivity index (χ0) is 10.5. The summed E-state index contributed by atoms with van der Waals surface area (Å²) in [6, 6.07) is 8.05. The van der Waals surface area contributed by atoms with E-state index in [-0.39, 0.29) is 17.0 Å². The van der Waals surface area contributed by atoms with Crippen molar-refractivity contribution in [2.24, 2.45) is 0 Å². The molecule has 3 aliphatic rings. The minimum Gasteiger partial charge on any atom is -0.241 e. The molecule has 86 valence electrons. The lowest BCUT2D eigenvalue weighted by Gasteiger charge is -2.03. The zero-order valence-corrected chi connectivity index (χ0v) is 11.4. The molecule has 0 saturated carbocycles. The van der Waals surface area contributed by atoms with Crippen molar-refractivity contribution in [3.8, 4) is 11.5 Å². The molecule has 6 heteroatoms. The lowest BCUT2D eigenvalue weighted by atomic mass is 10.2. The molecule has 0 unspecified atom stereocenters. The molecule has 17 heavy (non-hydrogen) atoms. The number of para-hydroxylation sites is 1. The summed E-state index contributed by atoms with van der Waals surface area (Å²) in [5.41, 5.74) is 1.90. The number of hydrogen-bond acceptors (Lipinski definition) is 4. The Morgan fingerprint density at radius 3 is 3.00 bits per heavy atom. The van der Waals surface area contributed by atoms with Crippen LogP contribution in [0.2, 0.25) is 0 Å². The smallest absolute Gasteiger partial charge is 0.186 e. The molecule has 4 nitrogen and oxygen atoms in total. The number of aryl methyl sites for hydroxylation is 1. The zero-order valence-electron chi connectivity index (χ0n) is 8.83. The van der Waals surface area contributed by atoms with Gasteiger partial charge in [-0.1, -0.05) is 30.0 Å². The number of halogens is 1. The molecule has 0 atom stereocenters. The molecule has 0 aromatic heterocycles. The third kappa shape index (κ3) is 1.55. The Bertz CT molecular complexity index is 666. The van der Waals surface area contributed by atoms with E-state index in [4.69, 9.17) is 0 Å². The van der Waals surface area contributed by atoms with Gasteiger partial charge in [-0.15, -0.1) is 17.0 Å². The van der Waals surface area contributed by atoms with E-state index >= 15 is 0 Å². The van der Waals surface area contributed by atoms with E-state index in [9.17, 15) is 0 Å². The molecule has 1 aromatic rings. The highest BCUT2D eigenvalue weighted by molar-refractivity contribution is 8.93. The number of rotatable bonds is 0. The highest BCUT2D eigenvalue weighted by Gasteiger charge is 2.20. The molecule has 0 radical (unpaired) electrons. The van der Waals surface area contributed by atoms with Crippen LogP contribution < -0.4 is 0 Å². The number of nitrogens with zero attached hydrogens (tertiary/aromatic N) is 4. The second-order valence-corrected chi connectivity index (χ2v) is 4.83. The maximum Gasteiger partial charge on any atom is 0.186 e. The topological polar surface area (TPSA) is 43.6 Å². The second-order valence-electron chi connectivity index (χ2n) is 3.77. The molecule has 0 bridgehead atoms. The van der Waals surface area contributed by atoms with Gasteiger partial charge in [0.1, 0.15) is 5.69 Å². The summed E-state index contributed by atoms with van der Waals surface area (Å²) in [5, 5.41) is 6.69. The fraction of sp³-hybridized carbons (Fsp3) is 0.182. The number of thioether (sulfide) groups is 1. The standard InChI is InChI=1S/C11H8N4S.BrH/c1-2-4-8-7(3-1)9-10(12-8)13-11-15(14-9)5-6-16-11;/h1-4H,5-6H2;1H. The molecule has 0 spiro atoms. The van der Waals surface area contributed by atoms with E-state index in [0.29, 0.717) is 0 Å². The summed E-state index contributed by atoms with van der Waals surface area (Å²) in [6.45, 7) is 0.947. The first-order valence-corrected chi connectivity index (χ1v) is 6.16. The summed E-state index contributed by atoms with van der Waals surface area (Å²) < 4.78 is 1.97. The van der Waals surface area contributed by atoms with Crippen LogP contribution in [0.4, 0.5) is 0 Å². The Hall–Kier alpha value is -1.14. The van der Waals surface area contributed by atoms with Gasteiger partial charge in [0.15, 0.2) is 11.0 Å². The van der Waals surface area contributed by atoms with E-state index in [1.807, 2.05) is 28.9 Å². The van der Waals surface area contributed by atoms with E-state index < -0.39 is 0 Å². The quantitative estimate of drug-likeness (QED) is 0.640. The Morgan fingerprint density at radius 1 is 1.18 bits per heavy atom. The lowest BCUT2D eigenvalue weighted by Crippen LogP contribution is -2.06. The van der Waals surface area contributed by atoms with Crippen LogP contribution in [0.25, 0.3) is 22.4 Å². The highest BCUT2D eigenvalue weighted by Crippen LogP contribution is 2.31. The van der Waals surface area contributed by atoms with Gasteiger partial charge in [-0.2, -0.15) is 5.10 Å². The lowest BCUT2D eigenvalue weighted by molar-refractivity contribution is 0.578. The van der Waals surface area contributed by atoms with Gasteiger partial charge in [-0.05, 0) is 6.07 Å². The molecule has 3 aliphatic heterocycles. The van der Waals surface area contributed by atoms with Crippen LogP contribution in [0.5, 0.6) is 0 Å². The van der Waals surface area contributed by atoms with Gasteiger partial charge in [0.05, 0.1) is 12.1 Å². The molecule has 0 aliphatic carbocycles. The molecule has 4 rings (SSSR count). The minimum atomic E-state index is 0. The molecule has 1 aromatic carbocycles. The first-order valence-electron chi connectivity index (χ1n) is 5.18. The van der Waals surface area contributed by atoms with Crippen LogP contribution in [0.15, 0.2) is 29.4 Å². The molecule has 3 heterocycles. The fourth-order valence-corrected chi connectivity index (χ4v) is 2.90. The van der Waals surface area contributed by atoms with Crippen molar-refractivity contribution in [2.75, 3.05) is 5.75 Å². The SMILES string of the molecule is Br.c1ccc2c3nn4c(nc-3nc2c1)SCC4. The number of hydrogen-bond donors (Lipinski definition) is 0. The summed E-state index contributed by atoms with van der Waals surface area (Å²) in [4.78, 5) is 9.04. The van der Waals surface area contributed by atoms with Crippen LogP contribution in [-0.4, -0.2) is 25.5 Å². The average Bonchev–Trinajstić information content (AvgIpc) is 2.88. The van der Waals surface area contributed by atoms with Gasteiger partial charge in [-0.25, -0.2) is 14.6 Å².